The highest BCUT2D eigenvalue weighted by molar-refractivity contribution is 5.49. The maximum Gasteiger partial charge on any atom is 0.122 e. The van der Waals surface area contributed by atoms with Crippen LogP contribution in [0.3, 0.4) is 0 Å². The molecular weight excluding hydrogens is 270 g/mol. The molecule has 0 fully saturated rings. The minimum Gasteiger partial charge on any atom is -0.507 e. The molecule has 2 rings (SSSR count). The third kappa shape index (κ3) is 3.68. The number of aromatic hydroxyl groups is 1. The van der Waals surface area contributed by atoms with Gasteiger partial charge in [0.25, 0.3) is 0 Å². The molecule has 0 spiro atoms. The molecular formula is C20H27NO. The molecule has 2 nitrogen and oxygen atoms in total. The van der Waals surface area contributed by atoms with Crippen molar-refractivity contribution in [2.24, 2.45) is 0 Å². The van der Waals surface area contributed by atoms with Crippen LogP contribution in [0.1, 0.15) is 63.9 Å². The van der Waals surface area contributed by atoms with Gasteiger partial charge in [0, 0.05) is 23.9 Å². The number of hydrogen-bond acceptors (Lipinski definition) is 2. The summed E-state index contributed by atoms with van der Waals surface area (Å²) in [5.41, 5.74) is 4.14. The third-order valence-corrected chi connectivity index (χ3v) is 3.96. The molecule has 0 bridgehead atoms. The minimum absolute atomic E-state index is 0.0482. The molecule has 118 valence electrons. The van der Waals surface area contributed by atoms with Gasteiger partial charge in [0.15, 0.2) is 0 Å². The number of rotatable bonds is 2. The van der Waals surface area contributed by atoms with Gasteiger partial charge in [0.2, 0.25) is 0 Å². The summed E-state index contributed by atoms with van der Waals surface area (Å²) in [4.78, 5) is 4.39. The summed E-state index contributed by atoms with van der Waals surface area (Å²) >= 11 is 0. The first-order chi connectivity index (χ1) is 10.1. The number of phenols is 1. The Hall–Kier alpha value is -1.83. The quantitative estimate of drug-likeness (QED) is 0.848. The van der Waals surface area contributed by atoms with E-state index in [4.69, 9.17) is 0 Å². The Labute approximate surface area is 134 Å². The van der Waals surface area contributed by atoms with E-state index in [0.29, 0.717) is 12.2 Å². The number of phenolic OH excluding ortho intramolecular Hbond substituents is 1. The summed E-state index contributed by atoms with van der Waals surface area (Å²) in [7, 11) is 0. The van der Waals surface area contributed by atoms with Gasteiger partial charge in [-0.1, -0.05) is 59.7 Å². The predicted molar refractivity (Wildman–Crippen MR) is 92.5 cm³/mol. The number of hydrogen-bond donors (Lipinski definition) is 1. The number of pyridine rings is 1. The summed E-state index contributed by atoms with van der Waals surface area (Å²) in [5.74, 6) is 0.408. The molecule has 2 aromatic rings. The first-order valence-corrected chi connectivity index (χ1v) is 7.86. The smallest absolute Gasteiger partial charge is 0.122 e. The van der Waals surface area contributed by atoms with Crippen LogP contribution >= 0.6 is 0 Å². The predicted octanol–water partition coefficient (Wildman–Crippen LogP) is 4.97. The SMILES string of the molecule is CC(C)(C)c1cc(Cc2ccccn2)c(O)c(C(C)(C)C)c1. The van der Waals surface area contributed by atoms with Crippen LogP contribution in [0.25, 0.3) is 0 Å². The van der Waals surface area contributed by atoms with Crippen molar-refractivity contribution in [1.82, 2.24) is 4.98 Å². The van der Waals surface area contributed by atoms with Crippen molar-refractivity contribution in [1.29, 1.82) is 0 Å². The highest BCUT2D eigenvalue weighted by atomic mass is 16.3. The second kappa shape index (κ2) is 5.75. The van der Waals surface area contributed by atoms with Crippen molar-refractivity contribution in [3.8, 4) is 5.75 Å². The summed E-state index contributed by atoms with van der Waals surface area (Å²) < 4.78 is 0. The molecule has 0 radical (unpaired) electrons. The van der Waals surface area contributed by atoms with E-state index in [1.54, 1.807) is 6.20 Å². The second-order valence-corrected chi connectivity index (χ2v) is 8.03. The highest BCUT2D eigenvalue weighted by Crippen LogP contribution is 2.38. The molecule has 0 aliphatic heterocycles. The molecule has 22 heavy (non-hydrogen) atoms. The Morgan fingerprint density at radius 1 is 0.955 bits per heavy atom. The zero-order valence-electron chi connectivity index (χ0n) is 14.6. The lowest BCUT2D eigenvalue weighted by Gasteiger charge is -2.27. The fourth-order valence-electron chi connectivity index (χ4n) is 2.53. The lowest BCUT2D eigenvalue weighted by atomic mass is 9.78. The first-order valence-electron chi connectivity index (χ1n) is 7.86. The van der Waals surface area contributed by atoms with Crippen molar-refractivity contribution >= 4 is 0 Å². The second-order valence-electron chi connectivity index (χ2n) is 8.03. The fraction of sp³-hybridized carbons (Fsp3) is 0.450. The fourth-order valence-corrected chi connectivity index (χ4v) is 2.53. The monoisotopic (exact) mass is 297 g/mol. The van der Waals surface area contributed by atoms with Gasteiger partial charge in [-0.15, -0.1) is 0 Å². The van der Waals surface area contributed by atoms with Crippen molar-refractivity contribution in [2.75, 3.05) is 0 Å². The first kappa shape index (κ1) is 16.5. The molecule has 0 saturated carbocycles. The van der Waals surface area contributed by atoms with Gasteiger partial charge in [-0.05, 0) is 34.1 Å². The van der Waals surface area contributed by atoms with Crippen molar-refractivity contribution in [3.63, 3.8) is 0 Å². The van der Waals surface area contributed by atoms with Crippen molar-refractivity contribution in [2.45, 2.75) is 58.8 Å². The summed E-state index contributed by atoms with van der Waals surface area (Å²) in [6, 6.07) is 10.2. The van der Waals surface area contributed by atoms with E-state index in [1.165, 1.54) is 5.56 Å². The van der Waals surface area contributed by atoms with Gasteiger partial charge in [-0.25, -0.2) is 0 Å². The molecule has 0 atom stereocenters. The highest BCUT2D eigenvalue weighted by Gasteiger charge is 2.24. The van der Waals surface area contributed by atoms with E-state index >= 15 is 0 Å². The van der Waals surface area contributed by atoms with Crippen LogP contribution in [-0.2, 0) is 17.3 Å². The summed E-state index contributed by atoms with van der Waals surface area (Å²) in [6.45, 7) is 13.0. The molecule has 1 aromatic carbocycles. The van der Waals surface area contributed by atoms with Crippen LogP contribution in [0.4, 0.5) is 0 Å². The molecule has 2 heteroatoms. The van der Waals surface area contributed by atoms with Crippen LogP contribution < -0.4 is 0 Å². The molecule has 0 aliphatic carbocycles. The molecule has 0 unspecified atom stereocenters. The van der Waals surface area contributed by atoms with E-state index in [0.717, 1.165) is 16.8 Å². The maximum absolute atomic E-state index is 10.7. The van der Waals surface area contributed by atoms with Gasteiger partial charge in [-0.2, -0.15) is 0 Å². The Morgan fingerprint density at radius 2 is 1.64 bits per heavy atom. The average Bonchev–Trinajstić information content (AvgIpc) is 2.39. The summed E-state index contributed by atoms with van der Waals surface area (Å²) in [6.07, 6.45) is 2.45. The summed E-state index contributed by atoms with van der Waals surface area (Å²) in [5, 5.41) is 10.7. The van der Waals surface area contributed by atoms with Crippen LogP contribution in [0.2, 0.25) is 0 Å². The number of aromatic nitrogens is 1. The van der Waals surface area contributed by atoms with Crippen LogP contribution in [0.5, 0.6) is 5.75 Å². The van der Waals surface area contributed by atoms with E-state index in [2.05, 4.69) is 58.7 Å². The van der Waals surface area contributed by atoms with Gasteiger partial charge in [0.1, 0.15) is 5.75 Å². The van der Waals surface area contributed by atoms with Crippen LogP contribution in [0, 0.1) is 0 Å². The normalized spacial score (nSPS) is 12.5. The van der Waals surface area contributed by atoms with Crippen LogP contribution in [0.15, 0.2) is 36.5 Å². The topological polar surface area (TPSA) is 33.1 Å². The zero-order chi connectivity index (χ0) is 16.5. The van der Waals surface area contributed by atoms with Crippen molar-refractivity contribution < 1.29 is 5.11 Å². The zero-order valence-corrected chi connectivity index (χ0v) is 14.6. The van der Waals surface area contributed by atoms with Gasteiger partial charge >= 0.3 is 0 Å². The Balaban J connectivity index is 2.57. The molecule has 0 saturated heterocycles. The standard InChI is InChI=1S/C20H27NO/c1-19(2,3)15-11-14(12-16-9-7-8-10-21-16)18(22)17(13-15)20(4,5)6/h7-11,13,22H,12H2,1-6H3. The minimum atomic E-state index is -0.0930. The average molecular weight is 297 g/mol. The van der Waals surface area contributed by atoms with Crippen molar-refractivity contribution in [3.05, 3.63) is 58.9 Å². The lowest BCUT2D eigenvalue weighted by Crippen LogP contribution is -2.17. The van der Waals surface area contributed by atoms with E-state index in [1.807, 2.05) is 18.2 Å². The Morgan fingerprint density at radius 3 is 2.14 bits per heavy atom. The molecule has 0 amide bonds. The number of nitrogens with zero attached hydrogens (tertiary/aromatic N) is 1. The van der Waals surface area contributed by atoms with Gasteiger partial charge < -0.3 is 5.11 Å². The van der Waals surface area contributed by atoms with E-state index in [9.17, 15) is 5.11 Å². The largest absolute Gasteiger partial charge is 0.507 e. The maximum atomic E-state index is 10.7. The lowest BCUT2D eigenvalue weighted by molar-refractivity contribution is 0.439. The molecule has 0 aliphatic rings. The molecule has 1 N–H and O–H groups in total. The van der Waals surface area contributed by atoms with E-state index in [-0.39, 0.29) is 10.8 Å². The Bertz CT molecular complexity index is 646. The molecule has 1 aromatic heterocycles. The number of benzene rings is 1. The molecule has 1 heterocycles. The van der Waals surface area contributed by atoms with E-state index < -0.39 is 0 Å². The van der Waals surface area contributed by atoms with Gasteiger partial charge in [-0.3, -0.25) is 4.98 Å². The van der Waals surface area contributed by atoms with Gasteiger partial charge in [0.05, 0.1) is 0 Å². The van der Waals surface area contributed by atoms with Crippen LogP contribution in [-0.4, -0.2) is 10.1 Å². The third-order valence-electron chi connectivity index (χ3n) is 3.96. The Kier molecular flexibility index (Phi) is 4.32.